The van der Waals surface area contributed by atoms with Gasteiger partial charge in [0.25, 0.3) is 10.1 Å². The SMILES string of the molecule is O=S(=O)(O)C(c1ccc(Cl)c(Cl)c1)(c1ccccc1O)c1ccc(Cl)c(O)c1Cl. The topological polar surface area (TPSA) is 94.8 Å². The third-order valence-corrected chi connectivity index (χ3v) is 7.32. The van der Waals surface area contributed by atoms with Crippen LogP contribution in [0.5, 0.6) is 11.5 Å². The first-order valence-corrected chi connectivity index (χ1v) is 10.9. The Kier molecular flexibility index (Phi) is 5.98. The van der Waals surface area contributed by atoms with Crippen LogP contribution in [-0.4, -0.2) is 23.2 Å². The maximum atomic E-state index is 12.9. The number of aromatic hydroxyl groups is 2. The minimum atomic E-state index is -5.09. The first-order valence-electron chi connectivity index (χ1n) is 7.90. The summed E-state index contributed by atoms with van der Waals surface area (Å²) in [7, 11) is -5.09. The molecule has 0 saturated carbocycles. The van der Waals surface area contributed by atoms with Gasteiger partial charge in [-0.15, -0.1) is 0 Å². The van der Waals surface area contributed by atoms with Gasteiger partial charge in [0.15, 0.2) is 10.5 Å². The average Bonchev–Trinajstić information content (AvgIpc) is 2.65. The predicted octanol–water partition coefficient (Wildman–Crippen LogP) is 5.89. The molecule has 0 fully saturated rings. The predicted molar refractivity (Wildman–Crippen MR) is 114 cm³/mol. The van der Waals surface area contributed by atoms with Crippen LogP contribution in [0.4, 0.5) is 0 Å². The number of hydrogen-bond acceptors (Lipinski definition) is 4. The largest absolute Gasteiger partial charge is 0.508 e. The Balaban J connectivity index is 2.61. The molecule has 152 valence electrons. The summed E-state index contributed by atoms with van der Waals surface area (Å²) in [6, 6.07) is 11.8. The number of rotatable bonds is 4. The van der Waals surface area contributed by atoms with Gasteiger partial charge in [0.2, 0.25) is 0 Å². The van der Waals surface area contributed by atoms with Crippen LogP contribution in [0.15, 0.2) is 54.6 Å². The van der Waals surface area contributed by atoms with E-state index in [1.54, 1.807) is 0 Å². The molecule has 1 atom stereocenters. The fourth-order valence-corrected chi connectivity index (χ4v) is 5.37. The van der Waals surface area contributed by atoms with Gasteiger partial charge in [-0.2, -0.15) is 8.42 Å². The molecular weight excluding hydrogens is 482 g/mol. The molecule has 0 aromatic heterocycles. The highest BCUT2D eigenvalue weighted by molar-refractivity contribution is 7.87. The lowest BCUT2D eigenvalue weighted by Gasteiger charge is -2.34. The van der Waals surface area contributed by atoms with E-state index in [4.69, 9.17) is 46.4 Å². The molecule has 3 rings (SSSR count). The molecule has 0 saturated heterocycles. The van der Waals surface area contributed by atoms with E-state index in [1.807, 2.05) is 0 Å². The molecule has 1 unspecified atom stereocenters. The van der Waals surface area contributed by atoms with E-state index in [-0.39, 0.29) is 31.8 Å². The highest BCUT2D eigenvalue weighted by Crippen LogP contribution is 2.52. The summed E-state index contributed by atoms with van der Waals surface area (Å²) in [6.07, 6.45) is 0. The van der Waals surface area contributed by atoms with Crippen molar-refractivity contribution in [3.8, 4) is 11.5 Å². The molecule has 0 spiro atoms. The Hall–Kier alpha value is -1.67. The summed E-state index contributed by atoms with van der Waals surface area (Å²) in [5.41, 5.74) is -0.535. The standard InChI is InChI=1S/C19H12Cl4O5S/c20-13-7-5-10(9-15(13)22)19(29(26,27)28,11-3-1-2-4-16(11)24)12-6-8-14(21)18(25)17(12)23/h1-9,24-25H,(H,26,27,28). The summed E-state index contributed by atoms with van der Waals surface area (Å²) in [5, 5.41) is 20.3. The molecule has 3 N–H and O–H groups in total. The molecule has 3 aromatic carbocycles. The monoisotopic (exact) mass is 492 g/mol. The lowest BCUT2D eigenvalue weighted by atomic mass is 9.83. The van der Waals surface area contributed by atoms with Crippen LogP contribution in [0.2, 0.25) is 20.1 Å². The molecule has 3 aromatic rings. The van der Waals surface area contributed by atoms with Crippen LogP contribution in [0.25, 0.3) is 0 Å². The summed E-state index contributed by atoms with van der Waals surface area (Å²) in [6.45, 7) is 0. The van der Waals surface area contributed by atoms with Gasteiger partial charge in [-0.25, -0.2) is 0 Å². The van der Waals surface area contributed by atoms with Crippen molar-refractivity contribution in [1.82, 2.24) is 0 Å². The van der Waals surface area contributed by atoms with Gasteiger partial charge in [0.1, 0.15) is 5.75 Å². The van der Waals surface area contributed by atoms with Crippen molar-refractivity contribution in [2.75, 3.05) is 0 Å². The first kappa shape index (κ1) is 22.0. The Morgan fingerprint density at radius 2 is 1.38 bits per heavy atom. The molecule has 0 heterocycles. The molecular formula is C19H12Cl4O5S. The van der Waals surface area contributed by atoms with Crippen LogP contribution in [0, 0.1) is 0 Å². The molecule has 0 aliphatic rings. The van der Waals surface area contributed by atoms with E-state index in [0.29, 0.717) is 0 Å². The van der Waals surface area contributed by atoms with Gasteiger partial charge in [-0.05, 0) is 29.8 Å². The summed E-state index contributed by atoms with van der Waals surface area (Å²) >= 11 is 24.2. The minimum absolute atomic E-state index is 0.00178. The van der Waals surface area contributed by atoms with E-state index in [9.17, 15) is 23.2 Å². The smallest absolute Gasteiger partial charge is 0.283 e. The Morgan fingerprint density at radius 1 is 0.759 bits per heavy atom. The fraction of sp³-hybridized carbons (Fsp3) is 0.0526. The first-order chi connectivity index (χ1) is 13.5. The maximum Gasteiger partial charge on any atom is 0.283 e. The highest BCUT2D eigenvalue weighted by Gasteiger charge is 2.51. The van der Waals surface area contributed by atoms with E-state index in [0.717, 1.165) is 0 Å². The quantitative estimate of drug-likeness (QED) is 0.311. The minimum Gasteiger partial charge on any atom is -0.508 e. The summed E-state index contributed by atoms with van der Waals surface area (Å²) in [4.78, 5) is 0. The molecule has 0 aliphatic heterocycles. The normalized spacial score (nSPS) is 13.8. The van der Waals surface area contributed by atoms with Crippen molar-refractivity contribution in [3.63, 3.8) is 0 Å². The van der Waals surface area contributed by atoms with Crippen molar-refractivity contribution in [3.05, 3.63) is 91.4 Å². The molecule has 0 bridgehead atoms. The molecule has 0 amide bonds. The van der Waals surface area contributed by atoms with E-state index in [1.165, 1.54) is 54.6 Å². The van der Waals surface area contributed by atoms with Gasteiger partial charge in [0, 0.05) is 11.1 Å². The fourth-order valence-electron chi connectivity index (χ4n) is 3.18. The van der Waals surface area contributed by atoms with Gasteiger partial charge >= 0.3 is 0 Å². The van der Waals surface area contributed by atoms with Gasteiger partial charge in [-0.3, -0.25) is 4.55 Å². The molecule has 10 heteroatoms. The van der Waals surface area contributed by atoms with Crippen LogP contribution >= 0.6 is 46.4 Å². The highest BCUT2D eigenvalue weighted by atomic mass is 35.5. The van der Waals surface area contributed by atoms with Gasteiger partial charge in [0.05, 0.1) is 20.1 Å². The summed E-state index contributed by atoms with van der Waals surface area (Å²) in [5.74, 6) is -1.03. The van der Waals surface area contributed by atoms with Crippen molar-refractivity contribution in [2.45, 2.75) is 4.75 Å². The average molecular weight is 494 g/mol. The maximum absolute atomic E-state index is 12.9. The van der Waals surface area contributed by atoms with Crippen LogP contribution in [0.1, 0.15) is 16.7 Å². The number of benzene rings is 3. The number of phenols is 2. The third-order valence-electron chi connectivity index (χ3n) is 4.44. The molecule has 29 heavy (non-hydrogen) atoms. The Bertz CT molecular complexity index is 1210. The molecule has 5 nitrogen and oxygen atoms in total. The number of phenolic OH excluding ortho intramolecular Hbond substituents is 2. The van der Waals surface area contributed by atoms with Crippen molar-refractivity contribution in [1.29, 1.82) is 0 Å². The third kappa shape index (κ3) is 3.54. The van der Waals surface area contributed by atoms with E-state index in [2.05, 4.69) is 0 Å². The summed E-state index contributed by atoms with van der Waals surface area (Å²) < 4.78 is 33.9. The second-order valence-electron chi connectivity index (χ2n) is 6.06. The lowest BCUT2D eigenvalue weighted by Crippen LogP contribution is -2.38. The van der Waals surface area contributed by atoms with Crippen LogP contribution in [-0.2, 0) is 14.9 Å². The number of hydrogen-bond donors (Lipinski definition) is 3. The second-order valence-corrected chi connectivity index (χ2v) is 9.22. The lowest BCUT2D eigenvalue weighted by molar-refractivity contribution is 0.439. The molecule has 0 aliphatic carbocycles. The van der Waals surface area contributed by atoms with E-state index >= 15 is 0 Å². The van der Waals surface area contributed by atoms with Crippen molar-refractivity contribution < 1.29 is 23.2 Å². The second kappa shape index (κ2) is 7.87. The Morgan fingerprint density at radius 3 is 1.97 bits per heavy atom. The zero-order valence-electron chi connectivity index (χ0n) is 14.3. The Labute approximate surface area is 186 Å². The number of halogens is 4. The van der Waals surface area contributed by atoms with Crippen molar-refractivity contribution >= 4 is 56.5 Å². The van der Waals surface area contributed by atoms with Gasteiger partial charge < -0.3 is 10.2 Å². The van der Waals surface area contributed by atoms with Crippen molar-refractivity contribution in [2.24, 2.45) is 0 Å². The van der Waals surface area contributed by atoms with Crippen LogP contribution < -0.4 is 0 Å². The van der Waals surface area contributed by atoms with E-state index < -0.39 is 31.4 Å². The van der Waals surface area contributed by atoms with Crippen LogP contribution in [0.3, 0.4) is 0 Å². The zero-order chi connectivity index (χ0) is 21.6. The zero-order valence-corrected chi connectivity index (χ0v) is 18.1. The molecule has 0 radical (unpaired) electrons. The number of para-hydroxylation sites is 1. The van der Waals surface area contributed by atoms with Gasteiger partial charge in [-0.1, -0.05) is 76.7 Å².